The summed E-state index contributed by atoms with van der Waals surface area (Å²) < 4.78 is 2.05. The summed E-state index contributed by atoms with van der Waals surface area (Å²) in [6.45, 7) is 3.79. The summed E-state index contributed by atoms with van der Waals surface area (Å²) >= 11 is 3.31. The molecule has 2 aliphatic rings. The maximum absolute atomic E-state index is 12.7. The standard InChI is InChI=1S/C20H25N5OS2/c1-13-21-19-17(14-8-4-5-9-15(14)28-19)18-22-23-20(25(13)18)27-12-16(26)24-10-6-2-3-7-11-24/h2-12H2,1H3. The van der Waals surface area contributed by atoms with E-state index in [4.69, 9.17) is 4.98 Å². The molecule has 28 heavy (non-hydrogen) atoms. The van der Waals surface area contributed by atoms with Gasteiger partial charge in [-0.05, 0) is 51.0 Å². The van der Waals surface area contributed by atoms with Crippen molar-refractivity contribution in [3.8, 4) is 0 Å². The normalized spacial score (nSPS) is 17.8. The summed E-state index contributed by atoms with van der Waals surface area (Å²) in [6, 6.07) is 0. The van der Waals surface area contributed by atoms with Gasteiger partial charge < -0.3 is 4.90 Å². The molecular weight excluding hydrogens is 390 g/mol. The number of thioether (sulfide) groups is 1. The van der Waals surface area contributed by atoms with E-state index in [-0.39, 0.29) is 5.91 Å². The first-order valence-electron chi connectivity index (χ1n) is 10.3. The van der Waals surface area contributed by atoms with Gasteiger partial charge >= 0.3 is 0 Å². The molecule has 0 spiro atoms. The van der Waals surface area contributed by atoms with Crippen LogP contribution in [0.1, 0.15) is 54.8 Å². The molecule has 1 amide bonds. The highest BCUT2D eigenvalue weighted by atomic mass is 32.2. The van der Waals surface area contributed by atoms with Crippen LogP contribution in [-0.2, 0) is 17.6 Å². The van der Waals surface area contributed by atoms with Crippen LogP contribution in [0.4, 0.5) is 0 Å². The molecule has 0 bridgehead atoms. The van der Waals surface area contributed by atoms with Crippen LogP contribution in [0.2, 0.25) is 0 Å². The average molecular weight is 416 g/mol. The van der Waals surface area contributed by atoms with E-state index in [1.807, 2.05) is 27.6 Å². The lowest BCUT2D eigenvalue weighted by Crippen LogP contribution is -2.33. The quantitative estimate of drug-likeness (QED) is 0.605. The van der Waals surface area contributed by atoms with Gasteiger partial charge in [0.2, 0.25) is 5.91 Å². The molecule has 3 aromatic heterocycles. The molecule has 3 aromatic rings. The maximum atomic E-state index is 12.7. The zero-order valence-corrected chi connectivity index (χ0v) is 17.9. The predicted octanol–water partition coefficient (Wildman–Crippen LogP) is 4.02. The lowest BCUT2D eigenvalue weighted by molar-refractivity contribution is -0.128. The van der Waals surface area contributed by atoms with E-state index in [1.165, 1.54) is 53.3 Å². The highest BCUT2D eigenvalue weighted by Crippen LogP contribution is 2.38. The third kappa shape index (κ3) is 3.20. The molecule has 4 heterocycles. The largest absolute Gasteiger partial charge is 0.342 e. The van der Waals surface area contributed by atoms with Crippen molar-refractivity contribution >= 4 is 44.9 Å². The van der Waals surface area contributed by atoms with Crippen LogP contribution in [0.3, 0.4) is 0 Å². The number of fused-ring (bicyclic) bond motifs is 5. The fraction of sp³-hybridized carbons (Fsp3) is 0.600. The van der Waals surface area contributed by atoms with Gasteiger partial charge in [0.25, 0.3) is 0 Å². The Balaban J connectivity index is 1.45. The van der Waals surface area contributed by atoms with Crippen LogP contribution in [0.15, 0.2) is 5.16 Å². The molecule has 0 saturated carbocycles. The van der Waals surface area contributed by atoms with Gasteiger partial charge in [-0.3, -0.25) is 9.20 Å². The number of rotatable bonds is 3. The molecule has 148 valence electrons. The zero-order chi connectivity index (χ0) is 19.1. The number of amides is 1. The van der Waals surface area contributed by atoms with Crippen molar-refractivity contribution in [3.05, 3.63) is 16.3 Å². The van der Waals surface area contributed by atoms with Crippen LogP contribution < -0.4 is 0 Å². The number of nitrogens with zero attached hydrogens (tertiary/aromatic N) is 5. The summed E-state index contributed by atoms with van der Waals surface area (Å²) in [5, 5.41) is 10.9. The number of carbonyl (C=O) groups excluding carboxylic acids is 1. The van der Waals surface area contributed by atoms with Gasteiger partial charge in [-0.15, -0.1) is 21.5 Å². The Morgan fingerprint density at radius 1 is 1.07 bits per heavy atom. The molecule has 1 fully saturated rings. The van der Waals surface area contributed by atoms with E-state index in [0.29, 0.717) is 5.75 Å². The third-order valence-electron chi connectivity index (χ3n) is 5.88. The Bertz CT molecular complexity index is 1030. The monoisotopic (exact) mass is 415 g/mol. The fourth-order valence-corrected chi connectivity index (χ4v) is 6.60. The second-order valence-corrected chi connectivity index (χ2v) is 9.80. The van der Waals surface area contributed by atoms with E-state index in [9.17, 15) is 4.79 Å². The fourth-order valence-electron chi connectivity index (χ4n) is 4.41. The van der Waals surface area contributed by atoms with Crippen LogP contribution in [0.25, 0.3) is 15.9 Å². The first-order chi connectivity index (χ1) is 13.7. The minimum Gasteiger partial charge on any atom is -0.342 e. The molecule has 5 rings (SSSR count). The van der Waals surface area contributed by atoms with Crippen molar-refractivity contribution in [3.63, 3.8) is 0 Å². The Kier molecular flexibility index (Phi) is 5.00. The van der Waals surface area contributed by atoms with Crippen LogP contribution >= 0.6 is 23.1 Å². The molecule has 1 aliphatic heterocycles. The summed E-state index contributed by atoms with van der Waals surface area (Å²) in [7, 11) is 0. The molecule has 0 unspecified atom stereocenters. The van der Waals surface area contributed by atoms with Crippen LogP contribution in [0.5, 0.6) is 0 Å². The number of likely N-dealkylation sites (tertiary alicyclic amines) is 1. The number of carbonyl (C=O) groups is 1. The average Bonchev–Trinajstić information content (AvgIpc) is 3.16. The second kappa shape index (κ2) is 7.63. The van der Waals surface area contributed by atoms with Gasteiger partial charge in [-0.2, -0.15) is 0 Å². The number of aryl methyl sites for hydroxylation is 3. The minimum absolute atomic E-state index is 0.211. The van der Waals surface area contributed by atoms with Crippen LogP contribution in [-0.4, -0.2) is 49.2 Å². The Labute approximate surface area is 172 Å². The maximum Gasteiger partial charge on any atom is 0.233 e. The van der Waals surface area contributed by atoms with Crippen molar-refractivity contribution in [2.75, 3.05) is 18.8 Å². The SMILES string of the molecule is Cc1nc2sc3c(c2c2nnc(SCC(=O)N4CCCCCC4)n12)CCCC3. The molecular formula is C20H25N5OS2. The van der Waals surface area contributed by atoms with Crippen LogP contribution in [0, 0.1) is 6.92 Å². The lowest BCUT2D eigenvalue weighted by Gasteiger charge is -2.19. The Morgan fingerprint density at radius 3 is 2.68 bits per heavy atom. The van der Waals surface area contributed by atoms with Gasteiger partial charge in [0, 0.05) is 18.0 Å². The van der Waals surface area contributed by atoms with E-state index < -0.39 is 0 Å². The van der Waals surface area contributed by atoms with Gasteiger partial charge in [-0.25, -0.2) is 4.98 Å². The molecule has 6 nitrogen and oxygen atoms in total. The van der Waals surface area contributed by atoms with Gasteiger partial charge in [-0.1, -0.05) is 24.6 Å². The molecule has 0 N–H and O–H groups in total. The summed E-state index contributed by atoms with van der Waals surface area (Å²) in [4.78, 5) is 22.1. The zero-order valence-electron chi connectivity index (χ0n) is 16.2. The molecule has 0 atom stereocenters. The van der Waals surface area contributed by atoms with E-state index in [0.717, 1.165) is 60.2 Å². The van der Waals surface area contributed by atoms with E-state index in [2.05, 4.69) is 10.2 Å². The third-order valence-corrected chi connectivity index (χ3v) is 7.98. The van der Waals surface area contributed by atoms with Gasteiger partial charge in [0.1, 0.15) is 10.7 Å². The minimum atomic E-state index is 0.211. The second-order valence-electron chi connectivity index (χ2n) is 7.78. The predicted molar refractivity (Wildman–Crippen MR) is 113 cm³/mol. The van der Waals surface area contributed by atoms with Crippen molar-refractivity contribution in [2.45, 2.75) is 63.4 Å². The van der Waals surface area contributed by atoms with Crippen molar-refractivity contribution < 1.29 is 4.79 Å². The summed E-state index contributed by atoms with van der Waals surface area (Å²) in [5.41, 5.74) is 2.33. The smallest absolute Gasteiger partial charge is 0.233 e. The van der Waals surface area contributed by atoms with E-state index >= 15 is 0 Å². The van der Waals surface area contributed by atoms with E-state index in [1.54, 1.807) is 0 Å². The number of hydrogen-bond donors (Lipinski definition) is 0. The molecule has 1 aliphatic carbocycles. The molecule has 1 saturated heterocycles. The van der Waals surface area contributed by atoms with Crippen molar-refractivity contribution in [1.29, 1.82) is 0 Å². The number of thiophene rings is 1. The first kappa shape index (κ1) is 18.4. The topological polar surface area (TPSA) is 63.4 Å². The highest BCUT2D eigenvalue weighted by molar-refractivity contribution is 7.99. The first-order valence-corrected chi connectivity index (χ1v) is 12.1. The van der Waals surface area contributed by atoms with Crippen molar-refractivity contribution in [2.24, 2.45) is 0 Å². The molecule has 0 radical (unpaired) electrons. The summed E-state index contributed by atoms with van der Waals surface area (Å²) in [5.74, 6) is 1.53. The molecule has 0 aromatic carbocycles. The molecule has 8 heteroatoms. The van der Waals surface area contributed by atoms with Crippen molar-refractivity contribution in [1.82, 2.24) is 24.5 Å². The number of aromatic nitrogens is 4. The summed E-state index contributed by atoms with van der Waals surface area (Å²) in [6.07, 6.45) is 9.47. The number of hydrogen-bond acceptors (Lipinski definition) is 6. The highest BCUT2D eigenvalue weighted by Gasteiger charge is 2.23. The lowest BCUT2D eigenvalue weighted by atomic mass is 9.97. The Hall–Kier alpha value is -1.67. The van der Waals surface area contributed by atoms with Gasteiger partial charge in [0.15, 0.2) is 10.8 Å². The van der Waals surface area contributed by atoms with Gasteiger partial charge in [0.05, 0.1) is 11.1 Å². The Morgan fingerprint density at radius 2 is 1.86 bits per heavy atom.